The summed E-state index contributed by atoms with van der Waals surface area (Å²) >= 11 is 0. The number of carbonyl (C=O) groups excluding carboxylic acids is 1. The standard InChI is InChI=1S/C11H19N3O/c1-2-14(9-5-7-12)11(15)10-6-3-4-8-13-10/h10,13H,2-6,8-9H2,1H3/t10-/m0/s1. The van der Waals surface area contributed by atoms with Crippen molar-refractivity contribution in [3.63, 3.8) is 0 Å². The fourth-order valence-electron chi connectivity index (χ4n) is 1.89. The Bertz CT molecular complexity index is 241. The Morgan fingerprint density at radius 1 is 1.60 bits per heavy atom. The molecular formula is C11H19N3O. The van der Waals surface area contributed by atoms with E-state index in [0.29, 0.717) is 19.5 Å². The van der Waals surface area contributed by atoms with E-state index >= 15 is 0 Å². The first-order chi connectivity index (χ1) is 7.29. The second-order valence-electron chi connectivity index (χ2n) is 3.83. The van der Waals surface area contributed by atoms with Gasteiger partial charge in [0.05, 0.1) is 18.5 Å². The highest BCUT2D eigenvalue weighted by atomic mass is 16.2. The minimum atomic E-state index is -0.0163. The average Bonchev–Trinajstić information content (AvgIpc) is 2.31. The van der Waals surface area contributed by atoms with Gasteiger partial charge in [0.25, 0.3) is 0 Å². The minimum absolute atomic E-state index is 0.0163. The number of nitriles is 1. The lowest BCUT2D eigenvalue weighted by atomic mass is 10.0. The Kier molecular flexibility index (Phi) is 5.13. The van der Waals surface area contributed by atoms with E-state index in [-0.39, 0.29) is 11.9 Å². The van der Waals surface area contributed by atoms with Crippen molar-refractivity contribution in [3.8, 4) is 6.07 Å². The minimum Gasteiger partial charge on any atom is -0.341 e. The number of likely N-dealkylation sites (N-methyl/N-ethyl adjacent to an activating group) is 1. The van der Waals surface area contributed by atoms with Crippen molar-refractivity contribution in [2.45, 2.75) is 38.6 Å². The van der Waals surface area contributed by atoms with E-state index in [4.69, 9.17) is 5.26 Å². The number of hydrogen-bond donors (Lipinski definition) is 1. The van der Waals surface area contributed by atoms with E-state index in [0.717, 1.165) is 25.8 Å². The van der Waals surface area contributed by atoms with Crippen LogP contribution in [-0.4, -0.2) is 36.5 Å². The molecule has 1 fully saturated rings. The van der Waals surface area contributed by atoms with Crippen molar-refractivity contribution in [1.29, 1.82) is 5.26 Å². The van der Waals surface area contributed by atoms with E-state index in [1.807, 2.05) is 6.92 Å². The van der Waals surface area contributed by atoms with Crippen LogP contribution in [0.5, 0.6) is 0 Å². The number of piperidine rings is 1. The van der Waals surface area contributed by atoms with Crippen LogP contribution in [0, 0.1) is 11.3 Å². The third-order valence-corrected chi connectivity index (χ3v) is 2.80. The van der Waals surface area contributed by atoms with Gasteiger partial charge in [0.1, 0.15) is 0 Å². The number of hydrogen-bond acceptors (Lipinski definition) is 3. The summed E-state index contributed by atoms with van der Waals surface area (Å²) in [7, 11) is 0. The molecule has 0 aromatic heterocycles. The largest absolute Gasteiger partial charge is 0.341 e. The Labute approximate surface area is 91.2 Å². The van der Waals surface area contributed by atoms with E-state index in [1.54, 1.807) is 4.90 Å². The van der Waals surface area contributed by atoms with Crippen LogP contribution in [0.4, 0.5) is 0 Å². The van der Waals surface area contributed by atoms with Gasteiger partial charge in [-0.3, -0.25) is 4.79 Å². The molecule has 0 unspecified atom stereocenters. The fraction of sp³-hybridized carbons (Fsp3) is 0.818. The first-order valence-corrected chi connectivity index (χ1v) is 5.68. The zero-order valence-corrected chi connectivity index (χ0v) is 9.33. The molecule has 1 amide bonds. The van der Waals surface area contributed by atoms with Gasteiger partial charge < -0.3 is 10.2 Å². The molecule has 1 heterocycles. The smallest absolute Gasteiger partial charge is 0.239 e. The van der Waals surface area contributed by atoms with Gasteiger partial charge in [0, 0.05) is 13.1 Å². The molecule has 4 heteroatoms. The maximum Gasteiger partial charge on any atom is 0.239 e. The molecule has 0 aliphatic carbocycles. The second kappa shape index (κ2) is 6.41. The normalized spacial score (nSPS) is 20.7. The lowest BCUT2D eigenvalue weighted by Crippen LogP contribution is -2.48. The number of nitrogens with one attached hydrogen (secondary N) is 1. The molecule has 4 nitrogen and oxygen atoms in total. The predicted octanol–water partition coefficient (Wildman–Crippen LogP) is 0.891. The van der Waals surface area contributed by atoms with Crippen LogP contribution in [-0.2, 0) is 4.79 Å². The zero-order chi connectivity index (χ0) is 11.1. The Morgan fingerprint density at radius 2 is 2.40 bits per heavy atom. The lowest BCUT2D eigenvalue weighted by Gasteiger charge is -2.28. The highest BCUT2D eigenvalue weighted by Crippen LogP contribution is 2.10. The SMILES string of the molecule is CCN(CCC#N)C(=O)[C@@H]1CCCCN1. The Morgan fingerprint density at radius 3 is 2.93 bits per heavy atom. The molecule has 1 rings (SSSR count). The third kappa shape index (κ3) is 3.52. The Balaban J connectivity index is 2.44. The molecule has 1 N–H and O–H groups in total. The summed E-state index contributed by atoms with van der Waals surface area (Å²) in [5.74, 6) is 0.160. The summed E-state index contributed by atoms with van der Waals surface area (Å²) in [5.41, 5.74) is 0. The number of nitrogens with zero attached hydrogens (tertiary/aromatic N) is 2. The molecule has 0 spiro atoms. The topological polar surface area (TPSA) is 56.1 Å². The van der Waals surface area contributed by atoms with E-state index < -0.39 is 0 Å². The first-order valence-electron chi connectivity index (χ1n) is 5.68. The molecule has 0 aromatic carbocycles. The summed E-state index contributed by atoms with van der Waals surface area (Å²) < 4.78 is 0. The van der Waals surface area contributed by atoms with Crippen molar-refractivity contribution in [3.05, 3.63) is 0 Å². The summed E-state index contributed by atoms with van der Waals surface area (Å²) in [6, 6.07) is 2.06. The number of carbonyl (C=O) groups is 1. The van der Waals surface area contributed by atoms with Crippen LogP contribution in [0.1, 0.15) is 32.6 Å². The molecule has 0 saturated carbocycles. The summed E-state index contributed by atoms with van der Waals surface area (Å²) in [6.45, 7) is 4.15. The quantitative estimate of drug-likeness (QED) is 0.748. The monoisotopic (exact) mass is 209 g/mol. The van der Waals surface area contributed by atoms with E-state index in [2.05, 4.69) is 11.4 Å². The van der Waals surface area contributed by atoms with Crippen molar-refractivity contribution in [1.82, 2.24) is 10.2 Å². The molecule has 0 bridgehead atoms. The summed E-state index contributed by atoms with van der Waals surface area (Å²) in [5, 5.41) is 11.7. The molecule has 0 aromatic rings. The molecule has 1 atom stereocenters. The van der Waals surface area contributed by atoms with Gasteiger partial charge in [0.2, 0.25) is 5.91 Å². The highest BCUT2D eigenvalue weighted by molar-refractivity contribution is 5.82. The maximum atomic E-state index is 12.0. The molecular weight excluding hydrogens is 190 g/mol. The molecule has 15 heavy (non-hydrogen) atoms. The van der Waals surface area contributed by atoms with Crippen LogP contribution in [0.25, 0.3) is 0 Å². The van der Waals surface area contributed by atoms with Crippen LogP contribution < -0.4 is 5.32 Å². The van der Waals surface area contributed by atoms with Crippen molar-refractivity contribution < 1.29 is 4.79 Å². The number of rotatable bonds is 4. The van der Waals surface area contributed by atoms with Crippen LogP contribution >= 0.6 is 0 Å². The zero-order valence-electron chi connectivity index (χ0n) is 9.33. The van der Waals surface area contributed by atoms with Gasteiger partial charge in [0.15, 0.2) is 0 Å². The van der Waals surface area contributed by atoms with Crippen molar-refractivity contribution >= 4 is 5.91 Å². The van der Waals surface area contributed by atoms with Crippen LogP contribution in [0.2, 0.25) is 0 Å². The van der Waals surface area contributed by atoms with Gasteiger partial charge >= 0.3 is 0 Å². The van der Waals surface area contributed by atoms with E-state index in [1.165, 1.54) is 0 Å². The van der Waals surface area contributed by atoms with Crippen molar-refractivity contribution in [2.75, 3.05) is 19.6 Å². The predicted molar refractivity (Wildman–Crippen MR) is 58.1 cm³/mol. The number of amides is 1. The van der Waals surface area contributed by atoms with Gasteiger partial charge in [-0.15, -0.1) is 0 Å². The summed E-state index contributed by atoms with van der Waals surface area (Å²) in [6.07, 6.45) is 3.64. The maximum absolute atomic E-state index is 12.0. The molecule has 1 aliphatic heterocycles. The van der Waals surface area contributed by atoms with Gasteiger partial charge in [-0.1, -0.05) is 6.42 Å². The highest BCUT2D eigenvalue weighted by Gasteiger charge is 2.24. The second-order valence-corrected chi connectivity index (χ2v) is 3.83. The average molecular weight is 209 g/mol. The van der Waals surface area contributed by atoms with Gasteiger partial charge in [-0.05, 0) is 26.3 Å². The van der Waals surface area contributed by atoms with Gasteiger partial charge in [-0.2, -0.15) is 5.26 Å². The van der Waals surface area contributed by atoms with Crippen molar-refractivity contribution in [2.24, 2.45) is 0 Å². The molecule has 1 saturated heterocycles. The summed E-state index contributed by atoms with van der Waals surface area (Å²) in [4.78, 5) is 13.8. The van der Waals surface area contributed by atoms with Crippen LogP contribution in [0.3, 0.4) is 0 Å². The molecule has 84 valence electrons. The fourth-order valence-corrected chi connectivity index (χ4v) is 1.89. The van der Waals surface area contributed by atoms with Crippen LogP contribution in [0.15, 0.2) is 0 Å². The lowest BCUT2D eigenvalue weighted by molar-refractivity contribution is -0.133. The van der Waals surface area contributed by atoms with Gasteiger partial charge in [-0.25, -0.2) is 0 Å². The Hall–Kier alpha value is -1.08. The first kappa shape index (κ1) is 12.0. The third-order valence-electron chi connectivity index (χ3n) is 2.80. The van der Waals surface area contributed by atoms with E-state index in [9.17, 15) is 4.79 Å². The molecule has 0 radical (unpaired) electrons. The molecule has 1 aliphatic rings.